The fourth-order valence-electron chi connectivity index (χ4n) is 1.68. The monoisotopic (exact) mass is 214 g/mol. The molecule has 4 atom stereocenters. The molecule has 0 saturated carbocycles. The van der Waals surface area contributed by atoms with Gasteiger partial charge in [0.05, 0.1) is 6.10 Å². The molecule has 4 heteroatoms. The molecule has 0 spiro atoms. The Bertz CT molecular complexity index is 219. The van der Waals surface area contributed by atoms with Crippen LogP contribution in [-0.4, -0.2) is 31.2 Å². The maximum absolute atomic E-state index is 11.6. The van der Waals surface area contributed by atoms with Gasteiger partial charge in [-0.25, -0.2) is 0 Å². The van der Waals surface area contributed by atoms with E-state index in [1.54, 1.807) is 0 Å². The van der Waals surface area contributed by atoms with Gasteiger partial charge in [-0.1, -0.05) is 6.92 Å². The van der Waals surface area contributed by atoms with Gasteiger partial charge in [0.25, 0.3) is 0 Å². The zero-order valence-electron chi connectivity index (χ0n) is 9.82. The van der Waals surface area contributed by atoms with E-state index in [2.05, 4.69) is 12.2 Å². The number of carbonyl (C=O) groups is 1. The molecule has 0 aromatic heterocycles. The van der Waals surface area contributed by atoms with Crippen LogP contribution in [0.5, 0.6) is 0 Å². The summed E-state index contributed by atoms with van der Waals surface area (Å²) in [5, 5.41) is 2.94. The molecule has 0 bridgehead atoms. The predicted octanol–water partition coefficient (Wildman–Crippen LogP) is 0.511. The minimum absolute atomic E-state index is 0.0455. The minimum atomic E-state index is -0.123. The summed E-state index contributed by atoms with van der Waals surface area (Å²) in [6.07, 6.45) is 1.30. The van der Waals surface area contributed by atoms with Crippen LogP contribution in [0, 0.1) is 11.8 Å². The van der Waals surface area contributed by atoms with Crippen molar-refractivity contribution >= 4 is 5.91 Å². The van der Waals surface area contributed by atoms with Crippen molar-refractivity contribution in [2.24, 2.45) is 17.6 Å². The fraction of sp³-hybridized carbons (Fsp3) is 0.909. The molecule has 1 aliphatic heterocycles. The molecule has 1 aliphatic rings. The van der Waals surface area contributed by atoms with E-state index in [1.165, 1.54) is 0 Å². The first-order valence-electron chi connectivity index (χ1n) is 5.67. The number of nitrogens with one attached hydrogen (secondary N) is 1. The molecule has 1 saturated heterocycles. The highest BCUT2D eigenvalue weighted by Gasteiger charge is 2.25. The normalized spacial score (nSPS) is 29.9. The molecule has 1 fully saturated rings. The third kappa shape index (κ3) is 3.47. The van der Waals surface area contributed by atoms with Crippen molar-refractivity contribution in [3.8, 4) is 0 Å². The summed E-state index contributed by atoms with van der Waals surface area (Å²) in [6.45, 7) is 7.28. The largest absolute Gasteiger partial charge is 0.378 e. The zero-order chi connectivity index (χ0) is 11.4. The Labute approximate surface area is 91.5 Å². The Morgan fingerprint density at radius 3 is 2.73 bits per heavy atom. The molecule has 3 N–H and O–H groups in total. The number of rotatable bonds is 4. The van der Waals surface area contributed by atoms with Gasteiger partial charge in [0.1, 0.15) is 0 Å². The lowest BCUT2D eigenvalue weighted by Gasteiger charge is -2.18. The molecule has 4 unspecified atom stereocenters. The molecule has 15 heavy (non-hydrogen) atoms. The third-order valence-corrected chi connectivity index (χ3v) is 3.27. The summed E-state index contributed by atoms with van der Waals surface area (Å²) >= 11 is 0. The molecule has 88 valence electrons. The molecule has 4 nitrogen and oxygen atoms in total. The topological polar surface area (TPSA) is 64.4 Å². The second-order valence-corrected chi connectivity index (χ2v) is 4.52. The summed E-state index contributed by atoms with van der Waals surface area (Å²) in [5.74, 6) is 0.376. The van der Waals surface area contributed by atoms with Crippen LogP contribution in [0.3, 0.4) is 0 Å². The van der Waals surface area contributed by atoms with Gasteiger partial charge in [0.2, 0.25) is 5.91 Å². The number of amides is 1. The van der Waals surface area contributed by atoms with Gasteiger partial charge < -0.3 is 15.8 Å². The van der Waals surface area contributed by atoms with Crippen LogP contribution in [0.1, 0.15) is 27.2 Å². The average Bonchev–Trinajstić information content (AvgIpc) is 2.59. The lowest BCUT2D eigenvalue weighted by Crippen LogP contribution is -2.41. The highest BCUT2D eigenvalue weighted by Crippen LogP contribution is 2.19. The Balaban J connectivity index is 2.27. The summed E-state index contributed by atoms with van der Waals surface area (Å²) < 4.78 is 5.43. The zero-order valence-corrected chi connectivity index (χ0v) is 9.82. The summed E-state index contributed by atoms with van der Waals surface area (Å²) in [7, 11) is 0. The van der Waals surface area contributed by atoms with Gasteiger partial charge in [-0.2, -0.15) is 0 Å². The second-order valence-electron chi connectivity index (χ2n) is 4.52. The van der Waals surface area contributed by atoms with Crippen LogP contribution in [-0.2, 0) is 9.53 Å². The number of ether oxygens (including phenoxy) is 1. The molecule has 0 radical (unpaired) electrons. The Morgan fingerprint density at radius 1 is 1.60 bits per heavy atom. The van der Waals surface area contributed by atoms with Crippen LogP contribution < -0.4 is 11.1 Å². The van der Waals surface area contributed by atoms with E-state index >= 15 is 0 Å². The first-order valence-corrected chi connectivity index (χ1v) is 5.67. The quantitative estimate of drug-likeness (QED) is 0.716. The molecule has 0 aliphatic carbocycles. The van der Waals surface area contributed by atoms with Crippen LogP contribution in [0.15, 0.2) is 0 Å². The van der Waals surface area contributed by atoms with E-state index in [0.29, 0.717) is 12.5 Å². The van der Waals surface area contributed by atoms with Crippen LogP contribution >= 0.6 is 0 Å². The molecule has 0 aromatic carbocycles. The minimum Gasteiger partial charge on any atom is -0.378 e. The SMILES string of the molecule is CC(N)C(C)C(=O)NCC1CCOC1C. The fourth-order valence-corrected chi connectivity index (χ4v) is 1.68. The lowest BCUT2D eigenvalue weighted by molar-refractivity contribution is -0.125. The standard InChI is InChI=1S/C11H22N2O2/c1-7(8(2)12)11(14)13-6-10-4-5-15-9(10)3/h7-10H,4-6,12H2,1-3H3,(H,13,14). The van der Waals surface area contributed by atoms with Crippen molar-refractivity contribution in [1.82, 2.24) is 5.32 Å². The van der Waals surface area contributed by atoms with Gasteiger partial charge >= 0.3 is 0 Å². The van der Waals surface area contributed by atoms with Gasteiger partial charge in [-0.15, -0.1) is 0 Å². The maximum Gasteiger partial charge on any atom is 0.224 e. The third-order valence-electron chi connectivity index (χ3n) is 3.27. The van der Waals surface area contributed by atoms with Crippen molar-refractivity contribution in [1.29, 1.82) is 0 Å². The molecule has 1 amide bonds. The molecule has 1 rings (SSSR count). The van der Waals surface area contributed by atoms with Crippen molar-refractivity contribution in [3.63, 3.8) is 0 Å². The van der Waals surface area contributed by atoms with Crippen molar-refractivity contribution in [2.75, 3.05) is 13.2 Å². The van der Waals surface area contributed by atoms with Crippen LogP contribution in [0.25, 0.3) is 0 Å². The highest BCUT2D eigenvalue weighted by atomic mass is 16.5. The molecular weight excluding hydrogens is 192 g/mol. The highest BCUT2D eigenvalue weighted by molar-refractivity contribution is 5.78. The molecular formula is C11H22N2O2. The number of nitrogens with two attached hydrogens (primary N) is 1. The summed E-state index contributed by atoms with van der Waals surface area (Å²) in [5.41, 5.74) is 5.66. The van der Waals surface area contributed by atoms with Gasteiger partial charge in [0.15, 0.2) is 0 Å². The van der Waals surface area contributed by atoms with Gasteiger partial charge in [-0.3, -0.25) is 4.79 Å². The van der Waals surface area contributed by atoms with Crippen LogP contribution in [0.2, 0.25) is 0 Å². The smallest absolute Gasteiger partial charge is 0.224 e. The van der Waals surface area contributed by atoms with E-state index in [9.17, 15) is 4.79 Å². The summed E-state index contributed by atoms with van der Waals surface area (Å²) in [4.78, 5) is 11.6. The van der Waals surface area contributed by atoms with Crippen molar-refractivity contribution in [3.05, 3.63) is 0 Å². The molecule has 0 aromatic rings. The van der Waals surface area contributed by atoms with E-state index < -0.39 is 0 Å². The second kappa shape index (κ2) is 5.47. The van der Waals surface area contributed by atoms with E-state index in [-0.39, 0.29) is 24.0 Å². The van der Waals surface area contributed by atoms with E-state index in [4.69, 9.17) is 10.5 Å². The first-order chi connectivity index (χ1) is 7.02. The Morgan fingerprint density at radius 2 is 2.27 bits per heavy atom. The number of hydrogen-bond acceptors (Lipinski definition) is 3. The van der Waals surface area contributed by atoms with Crippen LogP contribution in [0.4, 0.5) is 0 Å². The van der Waals surface area contributed by atoms with Crippen molar-refractivity contribution in [2.45, 2.75) is 39.3 Å². The predicted molar refractivity (Wildman–Crippen MR) is 59.3 cm³/mol. The van der Waals surface area contributed by atoms with Gasteiger partial charge in [-0.05, 0) is 20.3 Å². The molecule has 1 heterocycles. The van der Waals surface area contributed by atoms with Crippen molar-refractivity contribution < 1.29 is 9.53 Å². The average molecular weight is 214 g/mol. The lowest BCUT2D eigenvalue weighted by atomic mass is 10.0. The Kier molecular flexibility index (Phi) is 4.54. The first kappa shape index (κ1) is 12.5. The summed E-state index contributed by atoms with van der Waals surface area (Å²) in [6, 6.07) is -0.0951. The van der Waals surface area contributed by atoms with Gasteiger partial charge in [0, 0.05) is 31.0 Å². The number of hydrogen-bond donors (Lipinski definition) is 2. The maximum atomic E-state index is 11.6. The Hall–Kier alpha value is -0.610. The van der Waals surface area contributed by atoms with E-state index in [1.807, 2.05) is 13.8 Å². The number of carbonyl (C=O) groups excluding carboxylic acids is 1. The van der Waals surface area contributed by atoms with E-state index in [0.717, 1.165) is 13.0 Å².